The Bertz CT molecular complexity index is 1570. The molecule has 1 spiro atoms. The number of anilines is 2. The lowest BCUT2D eigenvalue weighted by Gasteiger charge is -2.32. The second kappa shape index (κ2) is 10.4. The minimum atomic E-state index is -0.417. The van der Waals surface area contributed by atoms with Gasteiger partial charge >= 0.3 is 0 Å². The maximum Gasteiger partial charge on any atom is 0.278 e. The molecule has 0 bridgehead atoms. The number of likely N-dealkylation sites (tertiary alicyclic amines) is 1. The quantitative estimate of drug-likeness (QED) is 0.308. The van der Waals surface area contributed by atoms with Crippen molar-refractivity contribution in [1.29, 1.82) is 0 Å². The van der Waals surface area contributed by atoms with E-state index in [1.807, 2.05) is 19.3 Å². The van der Waals surface area contributed by atoms with Crippen molar-refractivity contribution >= 4 is 28.7 Å². The van der Waals surface area contributed by atoms with E-state index in [1.54, 1.807) is 46.8 Å². The average Bonchev–Trinajstić information content (AvgIpc) is 3.24. The van der Waals surface area contributed by atoms with Gasteiger partial charge in [0.25, 0.3) is 5.91 Å². The first-order valence-electron chi connectivity index (χ1n) is 13.6. The Kier molecular flexibility index (Phi) is 6.80. The number of aliphatic hydroxyl groups excluding tert-OH is 1. The van der Waals surface area contributed by atoms with Crippen molar-refractivity contribution in [3.8, 4) is 11.1 Å². The highest BCUT2D eigenvalue weighted by Crippen LogP contribution is 2.60. The number of nitrogens with one attached hydrogen (secondary N) is 2. The molecule has 208 valence electrons. The van der Waals surface area contributed by atoms with Crippen LogP contribution in [0.5, 0.6) is 0 Å². The zero-order valence-corrected chi connectivity index (χ0v) is 22.7. The maximum atomic E-state index is 13.1. The number of carbonyl (C=O) groups excluding carboxylic acids is 2. The number of amides is 2. The highest BCUT2D eigenvalue weighted by Gasteiger charge is 2.53. The minimum absolute atomic E-state index is 0.115. The molecular formula is C28H33N9O3. The SMILES string of the molecule is Cc1ncc(NC(=O)CN2CCC3(CC2)CC3CCO)cc1NC(=O)c1nnn2cc(-c3cnn(C)c3)ccc12. The average molecular weight is 544 g/mol. The van der Waals surface area contributed by atoms with Gasteiger partial charge in [0.05, 0.1) is 41.5 Å². The number of fused-ring (bicyclic) bond motifs is 1. The van der Waals surface area contributed by atoms with Gasteiger partial charge in [-0.05, 0) is 69.2 Å². The molecule has 1 unspecified atom stereocenters. The highest BCUT2D eigenvalue weighted by atomic mass is 16.3. The number of hydrogen-bond donors (Lipinski definition) is 3. The van der Waals surface area contributed by atoms with E-state index < -0.39 is 5.91 Å². The molecule has 4 aromatic heterocycles. The number of piperidine rings is 1. The summed E-state index contributed by atoms with van der Waals surface area (Å²) in [6, 6.07) is 5.41. The molecule has 3 N–H and O–H groups in total. The van der Waals surface area contributed by atoms with Gasteiger partial charge in [0.2, 0.25) is 5.91 Å². The third kappa shape index (κ3) is 5.19. The van der Waals surface area contributed by atoms with Gasteiger partial charge in [-0.1, -0.05) is 11.3 Å². The maximum absolute atomic E-state index is 13.1. The summed E-state index contributed by atoms with van der Waals surface area (Å²) in [7, 11) is 1.85. The summed E-state index contributed by atoms with van der Waals surface area (Å²) in [6.07, 6.45) is 11.3. The molecule has 5 heterocycles. The van der Waals surface area contributed by atoms with Gasteiger partial charge in [0.1, 0.15) is 0 Å². The zero-order valence-electron chi connectivity index (χ0n) is 22.7. The van der Waals surface area contributed by atoms with Gasteiger partial charge in [-0.25, -0.2) is 4.52 Å². The van der Waals surface area contributed by atoms with E-state index in [1.165, 1.54) is 6.42 Å². The van der Waals surface area contributed by atoms with E-state index in [-0.39, 0.29) is 18.2 Å². The number of hydrogen-bond acceptors (Lipinski definition) is 8. The fourth-order valence-corrected chi connectivity index (χ4v) is 5.88. The van der Waals surface area contributed by atoms with E-state index in [9.17, 15) is 14.7 Å². The van der Waals surface area contributed by atoms with Gasteiger partial charge in [-0.3, -0.25) is 24.2 Å². The van der Waals surface area contributed by atoms with Crippen LogP contribution in [0, 0.1) is 18.3 Å². The van der Waals surface area contributed by atoms with Crippen LogP contribution < -0.4 is 10.6 Å². The standard InChI is InChI=1S/C28H33N9O3/c1-18-23(32-27(40)26-24-4-3-19(16-37(24)34-33-26)20-13-30-35(2)15-20)11-22(14-29-18)31-25(39)17-36-8-6-28(7-9-36)12-21(28)5-10-38/h3-4,11,13-16,21,38H,5-10,12,17H2,1-2H3,(H,31,39)(H,32,40). The van der Waals surface area contributed by atoms with Gasteiger partial charge in [-0.15, -0.1) is 5.10 Å². The normalized spacial score (nSPS) is 18.2. The minimum Gasteiger partial charge on any atom is -0.396 e. The van der Waals surface area contributed by atoms with Crippen molar-refractivity contribution in [1.82, 2.24) is 34.5 Å². The van der Waals surface area contributed by atoms with Crippen LogP contribution in [0.25, 0.3) is 16.6 Å². The lowest BCUT2D eigenvalue weighted by atomic mass is 9.90. The highest BCUT2D eigenvalue weighted by molar-refractivity contribution is 6.08. The summed E-state index contributed by atoms with van der Waals surface area (Å²) in [5, 5.41) is 27.4. The molecule has 0 aromatic carbocycles. The summed E-state index contributed by atoms with van der Waals surface area (Å²) < 4.78 is 3.29. The molecule has 1 atom stereocenters. The van der Waals surface area contributed by atoms with Crippen molar-refractivity contribution in [3.63, 3.8) is 0 Å². The number of aromatic nitrogens is 6. The van der Waals surface area contributed by atoms with Crippen LogP contribution in [-0.4, -0.2) is 77.7 Å². The Morgan fingerprint density at radius 3 is 2.70 bits per heavy atom. The van der Waals surface area contributed by atoms with Crippen LogP contribution in [0.2, 0.25) is 0 Å². The molecule has 1 saturated carbocycles. The summed E-state index contributed by atoms with van der Waals surface area (Å²) in [5.41, 5.74) is 4.60. The molecule has 4 aromatic rings. The molecule has 1 aliphatic heterocycles. The molecule has 2 amide bonds. The Hall–Kier alpha value is -4.16. The molecule has 1 saturated heterocycles. The van der Waals surface area contributed by atoms with Gasteiger partial charge in [-0.2, -0.15) is 5.10 Å². The smallest absolute Gasteiger partial charge is 0.278 e. The number of carbonyl (C=O) groups is 2. The number of aryl methyl sites for hydroxylation is 2. The van der Waals surface area contributed by atoms with Crippen LogP contribution in [0.3, 0.4) is 0 Å². The van der Waals surface area contributed by atoms with E-state index in [0.717, 1.165) is 43.5 Å². The topological polar surface area (TPSA) is 143 Å². The molecule has 0 radical (unpaired) electrons. The fourth-order valence-electron chi connectivity index (χ4n) is 5.88. The summed E-state index contributed by atoms with van der Waals surface area (Å²) in [6.45, 7) is 4.13. The second-order valence-corrected chi connectivity index (χ2v) is 11.0. The number of pyridine rings is 2. The van der Waals surface area contributed by atoms with E-state index in [0.29, 0.717) is 40.5 Å². The first-order chi connectivity index (χ1) is 19.3. The van der Waals surface area contributed by atoms with Gasteiger partial charge in [0, 0.05) is 37.2 Å². The van der Waals surface area contributed by atoms with Crippen molar-refractivity contribution in [3.05, 3.63) is 54.4 Å². The molecule has 6 rings (SSSR count). The van der Waals surface area contributed by atoms with Crippen LogP contribution in [0.4, 0.5) is 11.4 Å². The predicted molar refractivity (Wildman–Crippen MR) is 149 cm³/mol. The van der Waals surface area contributed by atoms with Gasteiger partial charge in [0.15, 0.2) is 5.69 Å². The lowest BCUT2D eigenvalue weighted by Crippen LogP contribution is -2.40. The molecule has 12 nitrogen and oxygen atoms in total. The molecule has 12 heteroatoms. The Morgan fingerprint density at radius 2 is 1.95 bits per heavy atom. The third-order valence-electron chi connectivity index (χ3n) is 8.34. The van der Waals surface area contributed by atoms with Crippen LogP contribution in [0.1, 0.15) is 41.9 Å². The van der Waals surface area contributed by atoms with Crippen molar-refractivity contribution in [2.24, 2.45) is 18.4 Å². The molecule has 2 aliphatic rings. The first-order valence-corrected chi connectivity index (χ1v) is 13.6. The molecule has 1 aliphatic carbocycles. The summed E-state index contributed by atoms with van der Waals surface area (Å²) in [4.78, 5) is 32.5. The monoisotopic (exact) mass is 543 g/mol. The Balaban J connectivity index is 1.08. The fraction of sp³-hybridized carbons (Fsp3) is 0.429. The van der Waals surface area contributed by atoms with Crippen molar-refractivity contribution in [2.75, 3.05) is 36.9 Å². The predicted octanol–water partition coefficient (Wildman–Crippen LogP) is 2.51. The Labute approximate surface area is 231 Å². The number of rotatable bonds is 8. The van der Waals surface area contributed by atoms with Crippen molar-refractivity contribution < 1.29 is 14.7 Å². The zero-order chi connectivity index (χ0) is 27.9. The number of nitrogens with zero attached hydrogens (tertiary/aromatic N) is 7. The van der Waals surface area contributed by atoms with Gasteiger partial charge < -0.3 is 15.7 Å². The molecule has 40 heavy (non-hydrogen) atoms. The van der Waals surface area contributed by atoms with Crippen LogP contribution in [-0.2, 0) is 11.8 Å². The number of aliphatic hydroxyl groups is 1. The van der Waals surface area contributed by atoms with E-state index in [4.69, 9.17) is 0 Å². The summed E-state index contributed by atoms with van der Waals surface area (Å²) >= 11 is 0. The second-order valence-electron chi connectivity index (χ2n) is 11.0. The molecule has 2 fully saturated rings. The third-order valence-corrected chi connectivity index (χ3v) is 8.34. The van der Waals surface area contributed by atoms with Crippen LogP contribution >= 0.6 is 0 Å². The Morgan fingerprint density at radius 1 is 1.12 bits per heavy atom. The lowest BCUT2D eigenvalue weighted by molar-refractivity contribution is -0.117. The van der Waals surface area contributed by atoms with E-state index in [2.05, 4.69) is 35.9 Å². The largest absolute Gasteiger partial charge is 0.396 e. The van der Waals surface area contributed by atoms with Crippen LogP contribution in [0.15, 0.2) is 43.0 Å². The van der Waals surface area contributed by atoms with E-state index >= 15 is 0 Å². The van der Waals surface area contributed by atoms with Crippen molar-refractivity contribution in [2.45, 2.75) is 32.6 Å². The molecular weight excluding hydrogens is 510 g/mol. The first kappa shape index (κ1) is 26.1. The summed E-state index contributed by atoms with van der Waals surface area (Å²) in [5.74, 6) is 0.107.